The molecule has 1 aliphatic rings. The van der Waals surface area contributed by atoms with Gasteiger partial charge in [-0.1, -0.05) is 44.1 Å². The average Bonchev–Trinajstić information content (AvgIpc) is 2.36. The van der Waals surface area contributed by atoms with Gasteiger partial charge in [0.05, 0.1) is 5.41 Å². The fourth-order valence-electron chi connectivity index (χ4n) is 3.01. The van der Waals surface area contributed by atoms with Gasteiger partial charge in [-0.15, -0.1) is 0 Å². The third-order valence-corrected chi connectivity index (χ3v) is 3.84. The van der Waals surface area contributed by atoms with Crippen molar-refractivity contribution in [3.8, 4) is 0 Å². The number of hydrogen-bond donors (Lipinski definition) is 1. The van der Waals surface area contributed by atoms with Crippen molar-refractivity contribution in [3.05, 3.63) is 23.8 Å². The Morgan fingerprint density at radius 2 is 2.22 bits per heavy atom. The van der Waals surface area contributed by atoms with Crippen LogP contribution in [0.5, 0.6) is 0 Å². The molecule has 0 heterocycles. The Hall–Kier alpha value is -1.09. The van der Waals surface area contributed by atoms with Crippen LogP contribution in [-0.2, 0) is 9.53 Å². The molecular weight excluding hydrogens is 228 g/mol. The summed E-state index contributed by atoms with van der Waals surface area (Å²) >= 11 is 0. The van der Waals surface area contributed by atoms with Crippen LogP contribution in [0.25, 0.3) is 0 Å². The number of aliphatic carboxylic acids is 1. The van der Waals surface area contributed by atoms with Gasteiger partial charge >= 0.3 is 5.97 Å². The summed E-state index contributed by atoms with van der Waals surface area (Å²) in [6.07, 6.45) is 9.09. The molecule has 0 aromatic rings. The van der Waals surface area contributed by atoms with Gasteiger partial charge < -0.3 is 9.84 Å². The Morgan fingerprint density at radius 1 is 1.50 bits per heavy atom. The van der Waals surface area contributed by atoms with Crippen molar-refractivity contribution < 1.29 is 14.6 Å². The van der Waals surface area contributed by atoms with Crippen molar-refractivity contribution in [3.63, 3.8) is 0 Å². The lowest BCUT2D eigenvalue weighted by molar-refractivity contribution is -0.149. The second kappa shape index (κ2) is 6.74. The Labute approximate surface area is 110 Å². The van der Waals surface area contributed by atoms with Crippen LogP contribution >= 0.6 is 0 Å². The highest BCUT2D eigenvalue weighted by molar-refractivity contribution is 5.78. The van der Waals surface area contributed by atoms with Gasteiger partial charge in [-0.25, -0.2) is 0 Å². The predicted molar refractivity (Wildman–Crippen MR) is 72.5 cm³/mol. The molecule has 0 amide bonds. The fraction of sp³-hybridized carbons (Fsp3) is 0.667. The number of hydrogen-bond acceptors (Lipinski definition) is 2. The topological polar surface area (TPSA) is 46.5 Å². The maximum atomic E-state index is 11.7. The molecule has 0 aromatic carbocycles. The minimum atomic E-state index is -0.721. The van der Waals surface area contributed by atoms with Gasteiger partial charge in [0.25, 0.3) is 0 Å². The van der Waals surface area contributed by atoms with E-state index in [1.807, 2.05) is 19.1 Å². The first-order valence-electron chi connectivity index (χ1n) is 6.73. The zero-order valence-electron chi connectivity index (χ0n) is 11.6. The second-order valence-electron chi connectivity index (χ2n) is 4.90. The van der Waals surface area contributed by atoms with Gasteiger partial charge in [0.1, 0.15) is 0 Å². The molecule has 0 aromatic heterocycles. The molecule has 0 radical (unpaired) electrons. The third kappa shape index (κ3) is 2.83. The first-order chi connectivity index (χ1) is 8.62. The lowest BCUT2D eigenvalue weighted by Gasteiger charge is -2.38. The number of carboxylic acids is 1. The van der Waals surface area contributed by atoms with E-state index < -0.39 is 11.4 Å². The van der Waals surface area contributed by atoms with Crippen LogP contribution in [0.2, 0.25) is 0 Å². The number of ether oxygens (including phenoxy) is 1. The van der Waals surface area contributed by atoms with E-state index in [2.05, 4.69) is 13.0 Å². The number of rotatable bonds is 7. The molecule has 0 spiro atoms. The van der Waals surface area contributed by atoms with Crippen molar-refractivity contribution in [1.82, 2.24) is 0 Å². The fourth-order valence-corrected chi connectivity index (χ4v) is 3.01. The lowest BCUT2D eigenvalue weighted by atomic mass is 9.65. The van der Waals surface area contributed by atoms with E-state index in [9.17, 15) is 9.90 Å². The number of carboxylic acid groups (broad SMARTS) is 1. The lowest BCUT2D eigenvalue weighted by Crippen LogP contribution is -2.39. The van der Waals surface area contributed by atoms with Crippen molar-refractivity contribution in [2.45, 2.75) is 39.5 Å². The van der Waals surface area contributed by atoms with E-state index >= 15 is 0 Å². The van der Waals surface area contributed by atoms with Crippen LogP contribution in [-0.4, -0.2) is 24.8 Å². The predicted octanol–water partition coefficient (Wildman–Crippen LogP) is 3.42. The highest BCUT2D eigenvalue weighted by atomic mass is 16.5. The van der Waals surface area contributed by atoms with Crippen LogP contribution in [0.3, 0.4) is 0 Å². The molecule has 2 unspecified atom stereocenters. The molecule has 18 heavy (non-hydrogen) atoms. The van der Waals surface area contributed by atoms with E-state index in [4.69, 9.17) is 4.74 Å². The summed E-state index contributed by atoms with van der Waals surface area (Å²) in [5, 5.41) is 9.65. The average molecular weight is 252 g/mol. The van der Waals surface area contributed by atoms with E-state index in [0.717, 1.165) is 19.3 Å². The summed E-state index contributed by atoms with van der Waals surface area (Å²) in [6.45, 7) is 4.76. The van der Waals surface area contributed by atoms with Crippen LogP contribution in [0.1, 0.15) is 39.5 Å². The van der Waals surface area contributed by atoms with E-state index in [1.165, 1.54) is 5.57 Å². The molecule has 2 atom stereocenters. The molecule has 0 fully saturated rings. The van der Waals surface area contributed by atoms with Crippen LogP contribution in [0.15, 0.2) is 23.8 Å². The molecule has 1 N–H and O–H groups in total. The van der Waals surface area contributed by atoms with Crippen molar-refractivity contribution in [2.24, 2.45) is 11.3 Å². The Kier molecular flexibility index (Phi) is 5.60. The Morgan fingerprint density at radius 3 is 2.72 bits per heavy atom. The van der Waals surface area contributed by atoms with E-state index in [1.54, 1.807) is 7.11 Å². The van der Waals surface area contributed by atoms with Gasteiger partial charge in [-0.2, -0.15) is 0 Å². The maximum absolute atomic E-state index is 11.7. The zero-order chi connectivity index (χ0) is 13.6. The van der Waals surface area contributed by atoms with Gasteiger partial charge in [-0.05, 0) is 25.2 Å². The van der Waals surface area contributed by atoms with Crippen LogP contribution < -0.4 is 0 Å². The molecule has 1 rings (SSSR count). The minimum absolute atomic E-state index is 0.0927. The van der Waals surface area contributed by atoms with Crippen molar-refractivity contribution in [2.75, 3.05) is 13.7 Å². The molecule has 0 bridgehead atoms. The largest absolute Gasteiger partial charge is 0.481 e. The highest BCUT2D eigenvalue weighted by Gasteiger charge is 2.44. The number of methoxy groups -OCH3 is 1. The molecule has 102 valence electrons. The Bertz CT molecular complexity index is 344. The quantitative estimate of drug-likeness (QED) is 0.755. The van der Waals surface area contributed by atoms with Gasteiger partial charge in [0.2, 0.25) is 0 Å². The second-order valence-corrected chi connectivity index (χ2v) is 4.90. The smallest absolute Gasteiger partial charge is 0.314 e. The third-order valence-electron chi connectivity index (χ3n) is 3.84. The standard InChI is InChI=1S/C15H24O3/c1-4-9-15(14(16)17)10-6-7-12(8-11-18-3)13(15)5-2/h6-7,10,13H,4-5,8-9,11H2,1-3H3,(H,16,17). The monoisotopic (exact) mass is 252 g/mol. The van der Waals surface area contributed by atoms with Crippen molar-refractivity contribution >= 4 is 5.97 Å². The molecule has 3 heteroatoms. The van der Waals surface area contributed by atoms with Crippen LogP contribution in [0, 0.1) is 11.3 Å². The van der Waals surface area contributed by atoms with E-state index in [-0.39, 0.29) is 5.92 Å². The first-order valence-corrected chi connectivity index (χ1v) is 6.73. The maximum Gasteiger partial charge on any atom is 0.314 e. The summed E-state index contributed by atoms with van der Waals surface area (Å²) < 4.78 is 5.11. The van der Waals surface area contributed by atoms with Crippen molar-refractivity contribution in [1.29, 1.82) is 0 Å². The first kappa shape index (κ1) is 15.0. The summed E-state index contributed by atoms with van der Waals surface area (Å²) in [4.78, 5) is 11.7. The summed E-state index contributed by atoms with van der Waals surface area (Å²) in [5.41, 5.74) is 0.485. The molecule has 0 saturated heterocycles. The van der Waals surface area contributed by atoms with Gasteiger partial charge in [0, 0.05) is 13.7 Å². The van der Waals surface area contributed by atoms with Gasteiger partial charge in [0.15, 0.2) is 0 Å². The number of allylic oxidation sites excluding steroid dienone is 2. The number of carbonyl (C=O) groups is 1. The Balaban J connectivity index is 3.02. The zero-order valence-corrected chi connectivity index (χ0v) is 11.6. The van der Waals surface area contributed by atoms with Crippen LogP contribution in [0.4, 0.5) is 0 Å². The molecular formula is C15H24O3. The van der Waals surface area contributed by atoms with Gasteiger partial charge in [-0.3, -0.25) is 4.79 Å². The molecule has 1 aliphatic carbocycles. The molecule has 3 nitrogen and oxygen atoms in total. The minimum Gasteiger partial charge on any atom is -0.481 e. The SMILES string of the molecule is CCCC1(C(=O)O)C=CC=C(CCOC)C1CC. The highest BCUT2D eigenvalue weighted by Crippen LogP contribution is 2.44. The normalized spacial score (nSPS) is 27.1. The molecule has 0 saturated carbocycles. The van der Waals surface area contributed by atoms with E-state index in [0.29, 0.717) is 13.0 Å². The summed E-state index contributed by atoms with van der Waals surface area (Å²) in [7, 11) is 1.68. The summed E-state index contributed by atoms with van der Waals surface area (Å²) in [5.74, 6) is -0.606. The molecule has 0 aliphatic heterocycles. The summed E-state index contributed by atoms with van der Waals surface area (Å²) in [6, 6.07) is 0.